The highest BCUT2D eigenvalue weighted by molar-refractivity contribution is 6.33. The van der Waals surface area contributed by atoms with Gasteiger partial charge in [0.25, 0.3) is 0 Å². The van der Waals surface area contributed by atoms with Gasteiger partial charge in [-0.1, -0.05) is 22.8 Å². The van der Waals surface area contributed by atoms with E-state index < -0.39 is 63.9 Å². The van der Waals surface area contributed by atoms with E-state index in [4.69, 9.17) is 16.1 Å². The first-order valence-electron chi connectivity index (χ1n) is 9.86. The average molecular weight is 550 g/mol. The zero-order chi connectivity index (χ0) is 27.1. The summed E-state index contributed by atoms with van der Waals surface area (Å²) in [5, 5.41) is 7.04. The number of methoxy groups -OCH3 is 1. The summed E-state index contributed by atoms with van der Waals surface area (Å²) in [5.74, 6) is -3.57. The van der Waals surface area contributed by atoms with E-state index in [1.807, 2.05) is 0 Å². The highest BCUT2D eigenvalue weighted by Crippen LogP contribution is 2.43. The maximum atomic E-state index is 14.5. The van der Waals surface area contributed by atoms with Gasteiger partial charge in [0.2, 0.25) is 0 Å². The summed E-state index contributed by atoms with van der Waals surface area (Å²) < 4.78 is 108. The number of hydrogen-bond acceptors (Lipinski definition) is 6. The van der Waals surface area contributed by atoms with Crippen LogP contribution in [0.3, 0.4) is 0 Å². The van der Waals surface area contributed by atoms with Crippen molar-refractivity contribution >= 4 is 17.6 Å². The smallest absolute Gasteiger partial charge is 0.465 e. The fourth-order valence-electron chi connectivity index (χ4n) is 3.43. The molecule has 0 N–H and O–H groups in total. The van der Waals surface area contributed by atoms with Crippen LogP contribution in [0.15, 0.2) is 53.2 Å². The Morgan fingerprint density at radius 2 is 1.73 bits per heavy atom. The molecular formula is C22H11ClF7N3O4. The van der Waals surface area contributed by atoms with Crippen molar-refractivity contribution in [3.05, 3.63) is 70.8 Å². The fourth-order valence-corrected chi connectivity index (χ4v) is 3.68. The van der Waals surface area contributed by atoms with E-state index in [-0.39, 0.29) is 10.7 Å². The van der Waals surface area contributed by atoms with Crippen LogP contribution in [0.25, 0.3) is 28.3 Å². The molecule has 0 aliphatic rings. The van der Waals surface area contributed by atoms with Crippen molar-refractivity contribution in [2.24, 2.45) is 0 Å². The van der Waals surface area contributed by atoms with Crippen molar-refractivity contribution < 1.29 is 49.5 Å². The quantitative estimate of drug-likeness (QED) is 0.204. The number of ether oxygens (including phenoxy) is 2. The van der Waals surface area contributed by atoms with Gasteiger partial charge >= 0.3 is 18.5 Å². The summed E-state index contributed by atoms with van der Waals surface area (Å²) in [6.45, 7) is 0. The normalized spacial score (nSPS) is 12.0. The molecule has 0 aliphatic carbocycles. The van der Waals surface area contributed by atoms with Crippen molar-refractivity contribution in [2.75, 3.05) is 7.11 Å². The minimum Gasteiger partial charge on any atom is -0.465 e. The number of nitrogens with zero attached hydrogens (tertiary/aromatic N) is 3. The minimum absolute atomic E-state index is 0.210. The van der Waals surface area contributed by atoms with E-state index in [0.29, 0.717) is 10.9 Å². The predicted octanol–water partition coefficient (Wildman–Crippen LogP) is 6.69. The van der Waals surface area contributed by atoms with Gasteiger partial charge in [-0.3, -0.25) is 0 Å². The fraction of sp³-hybridized carbons (Fsp3) is 0.136. The molecule has 0 amide bonds. The molecule has 0 aliphatic heterocycles. The van der Waals surface area contributed by atoms with E-state index >= 15 is 0 Å². The lowest BCUT2D eigenvalue weighted by Crippen LogP contribution is -2.17. The molecule has 0 saturated heterocycles. The van der Waals surface area contributed by atoms with E-state index in [1.54, 1.807) is 0 Å². The number of benzene rings is 2. The number of rotatable bonds is 5. The Hall–Kier alpha value is -4.07. The SMILES string of the molecule is COC(=O)c1c(-c2c(F)cccc2Cl)noc1-c1cnn(-c2ccc(OC(F)(F)F)cc2)c1C(F)(F)F. The average Bonchev–Trinajstić information content (AvgIpc) is 3.42. The number of esters is 1. The van der Waals surface area contributed by atoms with Gasteiger partial charge in [0.1, 0.15) is 22.8 Å². The van der Waals surface area contributed by atoms with Crippen LogP contribution in [0.4, 0.5) is 30.7 Å². The van der Waals surface area contributed by atoms with Crippen LogP contribution in [0, 0.1) is 5.82 Å². The molecule has 194 valence electrons. The zero-order valence-electron chi connectivity index (χ0n) is 18.1. The summed E-state index contributed by atoms with van der Waals surface area (Å²) in [7, 11) is 0.935. The third-order valence-electron chi connectivity index (χ3n) is 4.88. The molecule has 0 fully saturated rings. The Morgan fingerprint density at radius 3 is 2.30 bits per heavy atom. The molecule has 0 unspecified atom stereocenters. The minimum atomic E-state index is -5.12. The lowest BCUT2D eigenvalue weighted by molar-refractivity contribution is -0.274. The molecular weight excluding hydrogens is 539 g/mol. The van der Waals surface area contributed by atoms with Crippen LogP contribution in [-0.4, -0.2) is 34.4 Å². The van der Waals surface area contributed by atoms with E-state index in [1.165, 1.54) is 12.1 Å². The summed E-state index contributed by atoms with van der Waals surface area (Å²) in [4.78, 5) is 12.6. The van der Waals surface area contributed by atoms with Crippen molar-refractivity contribution in [2.45, 2.75) is 12.5 Å². The van der Waals surface area contributed by atoms with Crippen LogP contribution in [0.5, 0.6) is 5.75 Å². The Balaban J connectivity index is 1.90. The monoisotopic (exact) mass is 549 g/mol. The van der Waals surface area contributed by atoms with Gasteiger partial charge in [-0.15, -0.1) is 13.2 Å². The van der Waals surface area contributed by atoms with Crippen molar-refractivity contribution in [1.82, 2.24) is 14.9 Å². The zero-order valence-corrected chi connectivity index (χ0v) is 18.9. The molecule has 2 aromatic carbocycles. The number of alkyl halides is 6. The van der Waals surface area contributed by atoms with Crippen molar-refractivity contribution in [1.29, 1.82) is 0 Å². The molecule has 2 heterocycles. The second kappa shape index (κ2) is 9.42. The molecule has 4 rings (SSSR count). The first kappa shape index (κ1) is 26.0. The van der Waals surface area contributed by atoms with Gasteiger partial charge in [0.05, 0.1) is 35.1 Å². The second-order valence-corrected chi connectivity index (χ2v) is 7.59. The Kier molecular flexibility index (Phi) is 6.62. The molecule has 4 aromatic rings. The van der Waals surface area contributed by atoms with Gasteiger partial charge in [-0.05, 0) is 36.4 Å². The number of hydrogen-bond donors (Lipinski definition) is 0. The predicted molar refractivity (Wildman–Crippen MR) is 112 cm³/mol. The molecule has 0 spiro atoms. The van der Waals surface area contributed by atoms with E-state index in [9.17, 15) is 35.5 Å². The van der Waals surface area contributed by atoms with Gasteiger partial charge in [-0.2, -0.15) is 18.3 Å². The number of halogens is 8. The molecule has 7 nitrogen and oxygen atoms in total. The van der Waals surface area contributed by atoms with Crippen LogP contribution in [0.2, 0.25) is 5.02 Å². The molecule has 0 atom stereocenters. The Bertz CT molecular complexity index is 1440. The Labute approximate surface area is 206 Å². The summed E-state index contributed by atoms with van der Waals surface area (Å²) in [5.41, 5.74) is -4.14. The third kappa shape index (κ3) is 5.09. The first-order chi connectivity index (χ1) is 17.3. The van der Waals surface area contributed by atoms with Crippen LogP contribution < -0.4 is 4.74 Å². The highest BCUT2D eigenvalue weighted by Gasteiger charge is 2.42. The lowest BCUT2D eigenvalue weighted by Gasteiger charge is -2.13. The highest BCUT2D eigenvalue weighted by atomic mass is 35.5. The van der Waals surface area contributed by atoms with E-state index in [2.05, 4.69) is 19.7 Å². The summed E-state index contributed by atoms with van der Waals surface area (Å²) >= 11 is 6.03. The lowest BCUT2D eigenvalue weighted by atomic mass is 10.0. The van der Waals surface area contributed by atoms with Gasteiger partial charge < -0.3 is 14.0 Å². The van der Waals surface area contributed by atoms with Gasteiger partial charge in [0, 0.05) is 0 Å². The molecule has 0 radical (unpaired) electrons. The summed E-state index contributed by atoms with van der Waals surface area (Å²) in [6, 6.07) is 6.89. The standard InChI is InChI=1S/C22H11ClF7N3O4/c1-35-20(34)16-17(15-13(23)3-2-4-14(15)24)32-37-18(16)12-9-31-33(19(12)21(25,26)27)10-5-7-11(8-6-10)36-22(28,29)30/h2-9H,1H3. The first-order valence-corrected chi connectivity index (χ1v) is 10.2. The number of carbonyl (C=O) groups is 1. The van der Waals surface area contributed by atoms with Gasteiger partial charge in [0.15, 0.2) is 11.5 Å². The van der Waals surface area contributed by atoms with Crippen LogP contribution in [0.1, 0.15) is 16.1 Å². The van der Waals surface area contributed by atoms with Gasteiger partial charge in [-0.25, -0.2) is 13.9 Å². The van der Waals surface area contributed by atoms with Crippen LogP contribution >= 0.6 is 11.6 Å². The molecule has 0 saturated carbocycles. The third-order valence-corrected chi connectivity index (χ3v) is 5.19. The largest absolute Gasteiger partial charge is 0.573 e. The van der Waals surface area contributed by atoms with E-state index in [0.717, 1.165) is 37.4 Å². The Morgan fingerprint density at radius 1 is 1.05 bits per heavy atom. The molecule has 15 heteroatoms. The second-order valence-electron chi connectivity index (χ2n) is 7.18. The van der Waals surface area contributed by atoms with Crippen molar-refractivity contribution in [3.63, 3.8) is 0 Å². The maximum Gasteiger partial charge on any atom is 0.573 e. The molecule has 0 bridgehead atoms. The number of carbonyl (C=O) groups excluding carboxylic acids is 1. The van der Waals surface area contributed by atoms with Crippen molar-refractivity contribution in [3.8, 4) is 34.0 Å². The number of aromatic nitrogens is 3. The van der Waals surface area contributed by atoms with Crippen LogP contribution in [-0.2, 0) is 10.9 Å². The summed E-state index contributed by atoms with van der Waals surface area (Å²) in [6.07, 6.45) is -9.43. The topological polar surface area (TPSA) is 79.4 Å². The molecule has 2 aromatic heterocycles. The molecule has 37 heavy (non-hydrogen) atoms. The maximum absolute atomic E-state index is 14.5.